The first-order valence-electron chi connectivity index (χ1n) is 8.43. The summed E-state index contributed by atoms with van der Waals surface area (Å²) in [5, 5.41) is 10.4. The SMILES string of the molecule is Cc1cc(C(F)F)n(CC(=O)Nc2cnn(Cc3cccc(C(F)(F)F)c3)c2)n1. The quantitative estimate of drug-likeness (QED) is 0.621. The van der Waals surface area contributed by atoms with E-state index < -0.39 is 30.6 Å². The molecule has 0 bridgehead atoms. The van der Waals surface area contributed by atoms with E-state index >= 15 is 0 Å². The molecule has 2 heterocycles. The number of benzene rings is 1. The minimum atomic E-state index is -4.44. The van der Waals surface area contributed by atoms with E-state index in [1.54, 1.807) is 0 Å². The van der Waals surface area contributed by atoms with Crippen LogP contribution in [0.3, 0.4) is 0 Å². The van der Waals surface area contributed by atoms with Crippen molar-refractivity contribution in [2.45, 2.75) is 32.6 Å². The molecule has 1 aromatic carbocycles. The fourth-order valence-corrected chi connectivity index (χ4v) is 2.75. The number of aryl methyl sites for hydroxylation is 1. The number of anilines is 1. The number of nitrogens with one attached hydrogen (secondary N) is 1. The van der Waals surface area contributed by atoms with Crippen LogP contribution in [-0.2, 0) is 24.1 Å². The molecule has 29 heavy (non-hydrogen) atoms. The Morgan fingerprint density at radius 3 is 2.69 bits per heavy atom. The van der Waals surface area contributed by atoms with Crippen molar-refractivity contribution in [1.29, 1.82) is 0 Å². The van der Waals surface area contributed by atoms with Crippen molar-refractivity contribution in [3.05, 3.63) is 65.2 Å². The molecule has 0 atom stereocenters. The molecular weight excluding hydrogens is 397 g/mol. The van der Waals surface area contributed by atoms with Gasteiger partial charge in [0.15, 0.2) is 0 Å². The van der Waals surface area contributed by atoms with Crippen LogP contribution in [0.25, 0.3) is 0 Å². The summed E-state index contributed by atoms with van der Waals surface area (Å²) in [6.45, 7) is 1.19. The molecule has 3 rings (SSSR count). The lowest BCUT2D eigenvalue weighted by atomic mass is 10.1. The van der Waals surface area contributed by atoms with Crippen molar-refractivity contribution >= 4 is 11.6 Å². The average molecular weight is 413 g/mol. The molecule has 0 aliphatic rings. The summed E-state index contributed by atoms with van der Waals surface area (Å²) < 4.78 is 66.5. The summed E-state index contributed by atoms with van der Waals surface area (Å²) in [6.07, 6.45) is -4.46. The standard InChI is InChI=1S/C18H16F5N5O/c1-11-5-15(17(19)20)28(26-11)10-16(29)25-14-7-24-27(9-14)8-12-3-2-4-13(6-12)18(21,22)23/h2-7,9,17H,8,10H2,1H3,(H,25,29). The Bertz CT molecular complexity index is 1010. The molecule has 11 heteroatoms. The van der Waals surface area contributed by atoms with Crippen LogP contribution in [-0.4, -0.2) is 25.5 Å². The fraction of sp³-hybridized carbons (Fsp3) is 0.278. The summed E-state index contributed by atoms with van der Waals surface area (Å²) in [7, 11) is 0. The van der Waals surface area contributed by atoms with Crippen molar-refractivity contribution < 1.29 is 26.7 Å². The third-order valence-electron chi connectivity index (χ3n) is 3.97. The molecule has 1 amide bonds. The van der Waals surface area contributed by atoms with Gasteiger partial charge < -0.3 is 5.32 Å². The molecule has 0 aliphatic carbocycles. The molecule has 0 unspecified atom stereocenters. The van der Waals surface area contributed by atoms with E-state index in [1.807, 2.05) is 0 Å². The van der Waals surface area contributed by atoms with Gasteiger partial charge in [0.05, 0.1) is 29.7 Å². The number of amides is 1. The molecule has 0 saturated carbocycles. The van der Waals surface area contributed by atoms with Gasteiger partial charge in [-0.05, 0) is 30.7 Å². The molecule has 6 nitrogen and oxygen atoms in total. The molecule has 0 aliphatic heterocycles. The Morgan fingerprint density at radius 2 is 2.00 bits per heavy atom. The van der Waals surface area contributed by atoms with Gasteiger partial charge in [-0.1, -0.05) is 12.1 Å². The number of carbonyl (C=O) groups is 1. The van der Waals surface area contributed by atoms with Gasteiger partial charge in [-0.15, -0.1) is 0 Å². The second-order valence-electron chi connectivity index (χ2n) is 6.34. The highest BCUT2D eigenvalue weighted by atomic mass is 19.4. The minimum Gasteiger partial charge on any atom is -0.322 e. The van der Waals surface area contributed by atoms with Gasteiger partial charge in [-0.2, -0.15) is 23.4 Å². The molecule has 0 radical (unpaired) electrons. The number of nitrogens with zero attached hydrogens (tertiary/aromatic N) is 4. The van der Waals surface area contributed by atoms with Gasteiger partial charge >= 0.3 is 6.18 Å². The molecule has 3 aromatic rings. The Kier molecular flexibility index (Phi) is 5.66. The smallest absolute Gasteiger partial charge is 0.322 e. The molecule has 0 fully saturated rings. The number of hydrogen-bond acceptors (Lipinski definition) is 3. The summed E-state index contributed by atoms with van der Waals surface area (Å²) in [5.41, 5.74) is -0.0984. The second-order valence-corrected chi connectivity index (χ2v) is 6.34. The van der Waals surface area contributed by atoms with Crippen LogP contribution in [0.2, 0.25) is 0 Å². The van der Waals surface area contributed by atoms with Crippen LogP contribution in [0.1, 0.15) is 28.9 Å². The van der Waals surface area contributed by atoms with E-state index in [0.29, 0.717) is 11.3 Å². The van der Waals surface area contributed by atoms with Gasteiger partial charge in [-0.3, -0.25) is 14.2 Å². The summed E-state index contributed by atoms with van der Waals surface area (Å²) >= 11 is 0. The largest absolute Gasteiger partial charge is 0.416 e. The van der Waals surface area contributed by atoms with Crippen LogP contribution in [0, 0.1) is 6.92 Å². The highest BCUT2D eigenvalue weighted by Crippen LogP contribution is 2.29. The summed E-state index contributed by atoms with van der Waals surface area (Å²) in [4.78, 5) is 12.1. The maximum Gasteiger partial charge on any atom is 0.416 e. The Morgan fingerprint density at radius 1 is 1.24 bits per heavy atom. The fourth-order valence-electron chi connectivity index (χ4n) is 2.75. The highest BCUT2D eigenvalue weighted by Gasteiger charge is 2.30. The van der Waals surface area contributed by atoms with Crippen molar-refractivity contribution in [2.24, 2.45) is 0 Å². The normalized spacial score (nSPS) is 11.8. The average Bonchev–Trinajstić information content (AvgIpc) is 3.20. The van der Waals surface area contributed by atoms with Crippen molar-refractivity contribution in [2.75, 3.05) is 5.32 Å². The van der Waals surface area contributed by atoms with Gasteiger partial charge in [-0.25, -0.2) is 8.78 Å². The van der Waals surface area contributed by atoms with Crippen LogP contribution in [0.15, 0.2) is 42.7 Å². The van der Waals surface area contributed by atoms with E-state index in [0.717, 1.165) is 16.8 Å². The lowest BCUT2D eigenvalue weighted by Crippen LogP contribution is -2.21. The molecule has 2 aromatic heterocycles. The number of halogens is 5. The van der Waals surface area contributed by atoms with Crippen molar-refractivity contribution in [1.82, 2.24) is 19.6 Å². The molecule has 154 valence electrons. The highest BCUT2D eigenvalue weighted by molar-refractivity contribution is 5.90. The number of carbonyl (C=O) groups excluding carboxylic acids is 1. The van der Waals surface area contributed by atoms with E-state index in [4.69, 9.17) is 0 Å². The first kappa shape index (κ1) is 20.5. The van der Waals surface area contributed by atoms with E-state index in [2.05, 4.69) is 15.5 Å². The number of rotatable bonds is 6. The van der Waals surface area contributed by atoms with E-state index in [-0.39, 0.29) is 17.9 Å². The van der Waals surface area contributed by atoms with E-state index in [9.17, 15) is 26.7 Å². The van der Waals surface area contributed by atoms with Gasteiger partial charge in [0.1, 0.15) is 12.2 Å². The van der Waals surface area contributed by atoms with Crippen LogP contribution in [0.5, 0.6) is 0 Å². The van der Waals surface area contributed by atoms with Crippen molar-refractivity contribution in [3.8, 4) is 0 Å². The molecular formula is C18H16F5N5O. The van der Waals surface area contributed by atoms with E-state index in [1.165, 1.54) is 42.2 Å². The van der Waals surface area contributed by atoms with Crippen LogP contribution >= 0.6 is 0 Å². The van der Waals surface area contributed by atoms with Gasteiger partial charge in [0.2, 0.25) is 5.91 Å². The lowest BCUT2D eigenvalue weighted by Gasteiger charge is -2.09. The third kappa shape index (κ3) is 5.18. The Balaban J connectivity index is 1.64. The lowest BCUT2D eigenvalue weighted by molar-refractivity contribution is -0.137. The predicted molar refractivity (Wildman–Crippen MR) is 93.3 cm³/mol. The maximum atomic E-state index is 13.0. The molecule has 0 saturated heterocycles. The van der Waals surface area contributed by atoms with Gasteiger partial charge in [0.25, 0.3) is 6.43 Å². The number of hydrogen-bond donors (Lipinski definition) is 1. The number of alkyl halides is 5. The van der Waals surface area contributed by atoms with Crippen LogP contribution in [0.4, 0.5) is 27.6 Å². The summed E-state index contributed by atoms with van der Waals surface area (Å²) in [5.74, 6) is -0.589. The van der Waals surface area contributed by atoms with Crippen molar-refractivity contribution in [3.63, 3.8) is 0 Å². The molecule has 0 spiro atoms. The zero-order chi connectivity index (χ0) is 21.2. The summed E-state index contributed by atoms with van der Waals surface area (Å²) in [6, 6.07) is 6.03. The number of aromatic nitrogens is 4. The first-order valence-corrected chi connectivity index (χ1v) is 8.43. The minimum absolute atomic E-state index is 0.0632. The third-order valence-corrected chi connectivity index (χ3v) is 3.97. The second kappa shape index (κ2) is 8.02. The Labute approximate surface area is 161 Å². The first-order chi connectivity index (χ1) is 13.6. The van der Waals surface area contributed by atoms with Gasteiger partial charge in [0, 0.05) is 6.20 Å². The topological polar surface area (TPSA) is 64.7 Å². The Hall–Kier alpha value is -3.24. The monoisotopic (exact) mass is 413 g/mol. The molecule has 1 N–H and O–H groups in total. The zero-order valence-corrected chi connectivity index (χ0v) is 15.1. The zero-order valence-electron chi connectivity index (χ0n) is 15.1. The maximum absolute atomic E-state index is 13.0. The van der Waals surface area contributed by atoms with Crippen LogP contribution < -0.4 is 5.32 Å². The predicted octanol–water partition coefficient (Wildman–Crippen LogP) is 4.03.